The molecule has 5 heteroatoms. The Kier molecular flexibility index (Phi) is 4.05. The summed E-state index contributed by atoms with van der Waals surface area (Å²) >= 11 is 9.22. The van der Waals surface area contributed by atoms with Crippen LogP contribution in [0.2, 0.25) is 5.02 Å². The Bertz CT molecular complexity index is 947. The molecule has 22 heavy (non-hydrogen) atoms. The number of phenols is 1. The second kappa shape index (κ2) is 5.99. The van der Waals surface area contributed by atoms with E-state index < -0.39 is 0 Å². The van der Waals surface area contributed by atoms with E-state index in [-0.39, 0.29) is 11.2 Å². The maximum Gasteiger partial charge on any atom is 0.189 e. The number of para-hydroxylation sites is 1. The first-order chi connectivity index (χ1) is 10.5. The SMILES string of the molecule is O=c1cc(C=Cc2cc(Cl)cc(Br)c2O)[nH]c2ccccc12. The van der Waals surface area contributed by atoms with Crippen molar-refractivity contribution in [3.63, 3.8) is 0 Å². The molecule has 0 aliphatic heterocycles. The maximum absolute atomic E-state index is 12.1. The Morgan fingerprint density at radius 1 is 1.14 bits per heavy atom. The summed E-state index contributed by atoms with van der Waals surface area (Å²) in [5, 5.41) is 11.2. The smallest absolute Gasteiger partial charge is 0.189 e. The van der Waals surface area contributed by atoms with Crippen LogP contribution in [0.25, 0.3) is 23.1 Å². The standard InChI is InChI=1S/C17H11BrClNO2/c18-14-8-11(19)7-10(17(14)22)5-6-12-9-16(21)13-3-1-2-4-15(13)20-12/h1-9,22H,(H,20,21). The first-order valence-electron chi connectivity index (χ1n) is 6.53. The van der Waals surface area contributed by atoms with E-state index in [0.29, 0.717) is 26.1 Å². The zero-order valence-corrected chi connectivity index (χ0v) is 13.6. The number of H-pyrrole nitrogens is 1. The number of hydrogen-bond donors (Lipinski definition) is 2. The van der Waals surface area contributed by atoms with Crippen molar-refractivity contribution >= 4 is 50.6 Å². The number of aromatic amines is 1. The highest BCUT2D eigenvalue weighted by atomic mass is 79.9. The van der Waals surface area contributed by atoms with E-state index in [2.05, 4.69) is 20.9 Å². The lowest BCUT2D eigenvalue weighted by Crippen LogP contribution is -2.02. The highest BCUT2D eigenvalue weighted by molar-refractivity contribution is 9.10. The normalized spacial score (nSPS) is 11.4. The van der Waals surface area contributed by atoms with Crippen LogP contribution in [0.1, 0.15) is 11.3 Å². The first-order valence-corrected chi connectivity index (χ1v) is 7.70. The largest absolute Gasteiger partial charge is 0.506 e. The molecule has 0 bridgehead atoms. The van der Waals surface area contributed by atoms with Crippen LogP contribution in [-0.2, 0) is 0 Å². The molecule has 1 aromatic heterocycles. The van der Waals surface area contributed by atoms with Crippen LogP contribution in [0.5, 0.6) is 5.75 Å². The number of nitrogens with one attached hydrogen (secondary N) is 1. The summed E-state index contributed by atoms with van der Waals surface area (Å²) in [7, 11) is 0. The average molecular weight is 377 g/mol. The van der Waals surface area contributed by atoms with E-state index in [1.165, 1.54) is 6.07 Å². The van der Waals surface area contributed by atoms with Gasteiger partial charge in [0.15, 0.2) is 5.43 Å². The van der Waals surface area contributed by atoms with Crippen molar-refractivity contribution in [3.05, 3.63) is 73.4 Å². The van der Waals surface area contributed by atoms with Gasteiger partial charge in [-0.15, -0.1) is 0 Å². The molecule has 0 fully saturated rings. The third kappa shape index (κ3) is 2.93. The van der Waals surface area contributed by atoms with Gasteiger partial charge in [-0.25, -0.2) is 0 Å². The molecule has 3 rings (SSSR count). The number of aromatic hydroxyl groups is 1. The number of fused-ring (bicyclic) bond motifs is 1. The zero-order chi connectivity index (χ0) is 15.7. The summed E-state index contributed by atoms with van der Waals surface area (Å²) in [5.41, 5.74) is 1.93. The van der Waals surface area contributed by atoms with Crippen LogP contribution in [-0.4, -0.2) is 10.1 Å². The van der Waals surface area contributed by atoms with E-state index in [4.69, 9.17) is 11.6 Å². The number of hydrogen-bond acceptors (Lipinski definition) is 2. The molecule has 0 aliphatic carbocycles. The lowest BCUT2D eigenvalue weighted by Gasteiger charge is -2.03. The van der Waals surface area contributed by atoms with Gasteiger partial charge < -0.3 is 10.1 Å². The van der Waals surface area contributed by atoms with E-state index in [0.717, 1.165) is 5.52 Å². The Balaban J connectivity index is 2.05. The van der Waals surface area contributed by atoms with Gasteiger partial charge in [-0.2, -0.15) is 0 Å². The molecular weight excluding hydrogens is 366 g/mol. The monoisotopic (exact) mass is 375 g/mol. The minimum absolute atomic E-state index is 0.0505. The lowest BCUT2D eigenvalue weighted by atomic mass is 10.1. The second-order valence-electron chi connectivity index (χ2n) is 4.79. The fraction of sp³-hybridized carbons (Fsp3) is 0. The summed E-state index contributed by atoms with van der Waals surface area (Å²) in [4.78, 5) is 15.2. The third-order valence-corrected chi connectivity index (χ3v) is 4.08. The summed E-state index contributed by atoms with van der Waals surface area (Å²) in [5.74, 6) is 0.101. The summed E-state index contributed by atoms with van der Waals surface area (Å²) in [6.45, 7) is 0. The van der Waals surface area contributed by atoms with Crippen LogP contribution in [0.15, 0.2) is 51.7 Å². The molecule has 0 radical (unpaired) electrons. The van der Waals surface area contributed by atoms with Gasteiger partial charge >= 0.3 is 0 Å². The predicted octanol–water partition coefficient (Wildman–Crippen LogP) is 4.82. The van der Waals surface area contributed by atoms with Crippen molar-refractivity contribution in [2.75, 3.05) is 0 Å². The highest BCUT2D eigenvalue weighted by Crippen LogP contribution is 2.32. The Morgan fingerprint density at radius 3 is 2.73 bits per heavy atom. The minimum atomic E-state index is -0.0505. The number of pyridine rings is 1. The molecule has 2 aromatic carbocycles. The molecule has 0 atom stereocenters. The molecule has 0 amide bonds. The lowest BCUT2D eigenvalue weighted by molar-refractivity contribution is 0.470. The molecule has 0 saturated heterocycles. The summed E-state index contributed by atoms with van der Waals surface area (Å²) in [6, 6.07) is 12.1. The van der Waals surface area contributed by atoms with Gasteiger partial charge in [-0.3, -0.25) is 4.79 Å². The second-order valence-corrected chi connectivity index (χ2v) is 6.08. The van der Waals surface area contributed by atoms with Crippen molar-refractivity contribution in [2.45, 2.75) is 0 Å². The molecular formula is C17H11BrClNO2. The molecule has 110 valence electrons. The summed E-state index contributed by atoms with van der Waals surface area (Å²) in [6.07, 6.45) is 3.43. The van der Waals surface area contributed by atoms with E-state index in [1.54, 1.807) is 30.4 Å². The highest BCUT2D eigenvalue weighted by Gasteiger charge is 2.05. The maximum atomic E-state index is 12.1. The minimum Gasteiger partial charge on any atom is -0.506 e. The van der Waals surface area contributed by atoms with Crippen molar-refractivity contribution in [1.29, 1.82) is 0 Å². The Morgan fingerprint density at radius 2 is 1.91 bits per heavy atom. The Hall–Kier alpha value is -2.04. The van der Waals surface area contributed by atoms with Gasteiger partial charge in [0, 0.05) is 33.2 Å². The topological polar surface area (TPSA) is 53.1 Å². The molecule has 3 aromatic rings. The predicted molar refractivity (Wildman–Crippen MR) is 94.3 cm³/mol. The van der Waals surface area contributed by atoms with Crippen molar-refractivity contribution in [3.8, 4) is 5.75 Å². The molecule has 0 unspecified atom stereocenters. The molecule has 0 spiro atoms. The van der Waals surface area contributed by atoms with Gasteiger partial charge in [-0.1, -0.05) is 23.7 Å². The van der Waals surface area contributed by atoms with Crippen LogP contribution in [0.4, 0.5) is 0 Å². The van der Waals surface area contributed by atoms with Gasteiger partial charge in [0.1, 0.15) is 5.75 Å². The van der Waals surface area contributed by atoms with Crippen LogP contribution in [0.3, 0.4) is 0 Å². The van der Waals surface area contributed by atoms with Gasteiger partial charge in [0.25, 0.3) is 0 Å². The number of aromatic nitrogens is 1. The molecule has 0 aliphatic rings. The van der Waals surface area contributed by atoms with E-state index in [1.807, 2.05) is 18.2 Å². The van der Waals surface area contributed by atoms with Crippen LogP contribution in [0, 0.1) is 0 Å². The number of rotatable bonds is 2. The average Bonchev–Trinajstić information content (AvgIpc) is 2.49. The van der Waals surface area contributed by atoms with Gasteiger partial charge in [-0.05, 0) is 52.3 Å². The molecule has 3 nitrogen and oxygen atoms in total. The summed E-state index contributed by atoms with van der Waals surface area (Å²) < 4.78 is 0.520. The van der Waals surface area contributed by atoms with E-state index in [9.17, 15) is 9.90 Å². The van der Waals surface area contributed by atoms with Crippen molar-refractivity contribution in [2.24, 2.45) is 0 Å². The molecule has 1 heterocycles. The van der Waals surface area contributed by atoms with E-state index >= 15 is 0 Å². The zero-order valence-electron chi connectivity index (χ0n) is 11.3. The number of benzene rings is 2. The number of halogens is 2. The molecule has 2 N–H and O–H groups in total. The van der Waals surface area contributed by atoms with Crippen molar-refractivity contribution < 1.29 is 5.11 Å². The van der Waals surface area contributed by atoms with Crippen molar-refractivity contribution in [1.82, 2.24) is 4.98 Å². The first kappa shape index (κ1) is 14.9. The third-order valence-electron chi connectivity index (χ3n) is 3.26. The number of phenolic OH excluding ortho intramolecular Hbond substituents is 1. The molecule has 0 saturated carbocycles. The fourth-order valence-corrected chi connectivity index (χ4v) is 3.03. The van der Waals surface area contributed by atoms with Crippen LogP contribution < -0.4 is 5.43 Å². The van der Waals surface area contributed by atoms with Gasteiger partial charge in [0.05, 0.1) is 4.47 Å². The van der Waals surface area contributed by atoms with Gasteiger partial charge in [0.2, 0.25) is 0 Å². The van der Waals surface area contributed by atoms with Crippen LogP contribution >= 0.6 is 27.5 Å². The Labute approximate surface area is 140 Å². The fourth-order valence-electron chi connectivity index (χ4n) is 2.20. The quantitative estimate of drug-likeness (QED) is 0.673.